The van der Waals surface area contributed by atoms with Crippen molar-refractivity contribution in [3.63, 3.8) is 0 Å². The molecule has 0 N–H and O–H groups in total. The van der Waals surface area contributed by atoms with Crippen LogP contribution in [0.2, 0.25) is 0 Å². The van der Waals surface area contributed by atoms with Crippen LogP contribution in [0.1, 0.15) is 50.7 Å². The average molecular weight is 253 g/mol. The third kappa shape index (κ3) is 2.51. The Labute approximate surface area is 103 Å². The van der Waals surface area contributed by atoms with E-state index in [0.717, 1.165) is 18.4 Å². The molecule has 1 aromatic rings. The molecule has 3 nitrogen and oxygen atoms in total. The quantitative estimate of drug-likeness (QED) is 0.814. The summed E-state index contributed by atoms with van der Waals surface area (Å²) in [5.41, 5.74) is 1.89. The number of aromatic nitrogens is 1. The minimum atomic E-state index is -3.26. The van der Waals surface area contributed by atoms with Crippen LogP contribution < -0.4 is 0 Å². The second-order valence-electron chi connectivity index (χ2n) is 5.88. The van der Waals surface area contributed by atoms with E-state index in [-0.39, 0.29) is 10.4 Å². The zero-order chi connectivity index (χ0) is 12.8. The Morgan fingerprint density at radius 1 is 1.29 bits per heavy atom. The molecular weight excluding hydrogens is 234 g/mol. The first-order valence-electron chi connectivity index (χ1n) is 5.90. The summed E-state index contributed by atoms with van der Waals surface area (Å²) in [7, 11) is -3.26. The van der Waals surface area contributed by atoms with Gasteiger partial charge in [-0.25, -0.2) is 13.4 Å². The summed E-state index contributed by atoms with van der Waals surface area (Å²) in [5, 5.41) is 0.259. The summed E-state index contributed by atoms with van der Waals surface area (Å²) >= 11 is 0. The highest BCUT2D eigenvalue weighted by molar-refractivity contribution is 7.90. The molecule has 94 valence electrons. The minimum absolute atomic E-state index is 0.190. The van der Waals surface area contributed by atoms with Gasteiger partial charge in [-0.1, -0.05) is 20.8 Å². The van der Waals surface area contributed by atoms with E-state index in [0.29, 0.717) is 5.92 Å². The van der Waals surface area contributed by atoms with Crippen molar-refractivity contribution in [1.82, 2.24) is 4.98 Å². The summed E-state index contributed by atoms with van der Waals surface area (Å²) in [5.74, 6) is 0.535. The third-order valence-corrected chi connectivity index (χ3v) is 4.08. The summed E-state index contributed by atoms with van der Waals surface area (Å²) in [6, 6.07) is 1.98. The standard InChI is InChI=1S/C13H19NO2S/c1-13(2,3)11-10(9-5-6-9)7-8-14-12(11)17(4,15)16/h7-9H,5-6H2,1-4H3. The fourth-order valence-corrected chi connectivity index (χ4v) is 3.27. The second-order valence-corrected chi connectivity index (χ2v) is 7.81. The molecule has 0 aromatic carbocycles. The van der Waals surface area contributed by atoms with Crippen molar-refractivity contribution >= 4 is 9.84 Å². The van der Waals surface area contributed by atoms with Gasteiger partial charge in [0.1, 0.15) is 0 Å². The molecule has 0 aliphatic heterocycles. The number of hydrogen-bond donors (Lipinski definition) is 0. The highest BCUT2D eigenvalue weighted by atomic mass is 32.2. The molecule has 1 fully saturated rings. The van der Waals surface area contributed by atoms with Gasteiger partial charge in [-0.15, -0.1) is 0 Å². The van der Waals surface area contributed by atoms with Crippen LogP contribution in [0.25, 0.3) is 0 Å². The van der Waals surface area contributed by atoms with E-state index < -0.39 is 9.84 Å². The molecule has 0 spiro atoms. The first-order chi connectivity index (χ1) is 7.71. The number of nitrogens with zero attached hydrogens (tertiary/aromatic N) is 1. The molecule has 2 rings (SSSR count). The SMILES string of the molecule is CC(C)(C)c1c(C2CC2)ccnc1S(C)(=O)=O. The molecule has 0 radical (unpaired) electrons. The van der Waals surface area contributed by atoms with Gasteiger partial charge in [-0.3, -0.25) is 0 Å². The Morgan fingerprint density at radius 3 is 2.29 bits per heavy atom. The molecule has 0 amide bonds. The number of sulfone groups is 1. The van der Waals surface area contributed by atoms with Gasteiger partial charge in [0.05, 0.1) is 0 Å². The van der Waals surface area contributed by atoms with E-state index in [4.69, 9.17) is 0 Å². The first kappa shape index (κ1) is 12.6. The van der Waals surface area contributed by atoms with Crippen molar-refractivity contribution in [3.8, 4) is 0 Å². The van der Waals surface area contributed by atoms with Gasteiger partial charge in [-0.2, -0.15) is 0 Å². The van der Waals surface area contributed by atoms with Crippen LogP contribution in [0.3, 0.4) is 0 Å². The molecule has 1 aromatic heterocycles. The zero-order valence-electron chi connectivity index (χ0n) is 10.8. The summed E-state index contributed by atoms with van der Waals surface area (Å²) in [6.07, 6.45) is 5.19. The summed E-state index contributed by atoms with van der Waals surface area (Å²) in [4.78, 5) is 4.10. The Bertz CT molecular complexity index is 537. The maximum atomic E-state index is 11.8. The molecular formula is C13H19NO2S. The highest BCUT2D eigenvalue weighted by Gasteiger charge is 2.34. The number of pyridine rings is 1. The van der Waals surface area contributed by atoms with Crippen LogP contribution in [-0.2, 0) is 15.3 Å². The third-order valence-electron chi connectivity index (χ3n) is 3.07. The number of hydrogen-bond acceptors (Lipinski definition) is 3. The van der Waals surface area contributed by atoms with Crippen LogP contribution in [-0.4, -0.2) is 19.7 Å². The topological polar surface area (TPSA) is 47.0 Å². The van der Waals surface area contributed by atoms with Crippen molar-refractivity contribution in [2.75, 3.05) is 6.26 Å². The molecule has 0 bridgehead atoms. The molecule has 0 atom stereocenters. The van der Waals surface area contributed by atoms with Crippen molar-refractivity contribution in [2.45, 2.75) is 50.0 Å². The largest absolute Gasteiger partial charge is 0.244 e. The minimum Gasteiger partial charge on any atom is -0.244 e. The second kappa shape index (κ2) is 3.80. The maximum absolute atomic E-state index is 11.8. The van der Waals surface area contributed by atoms with Gasteiger partial charge in [0, 0.05) is 12.5 Å². The Balaban J connectivity index is 2.72. The van der Waals surface area contributed by atoms with E-state index >= 15 is 0 Å². The van der Waals surface area contributed by atoms with Crippen LogP contribution in [0.4, 0.5) is 0 Å². The molecule has 1 aliphatic rings. The smallest absolute Gasteiger partial charge is 0.193 e. The zero-order valence-corrected chi connectivity index (χ0v) is 11.6. The van der Waals surface area contributed by atoms with Crippen LogP contribution >= 0.6 is 0 Å². The average Bonchev–Trinajstić information content (AvgIpc) is 2.96. The van der Waals surface area contributed by atoms with Crippen molar-refractivity contribution in [2.24, 2.45) is 0 Å². The Morgan fingerprint density at radius 2 is 1.88 bits per heavy atom. The van der Waals surface area contributed by atoms with Gasteiger partial charge in [-0.05, 0) is 41.4 Å². The monoisotopic (exact) mass is 253 g/mol. The predicted octanol–water partition coefficient (Wildman–Crippen LogP) is 2.66. The van der Waals surface area contributed by atoms with E-state index in [1.807, 2.05) is 26.8 Å². The van der Waals surface area contributed by atoms with Gasteiger partial charge >= 0.3 is 0 Å². The van der Waals surface area contributed by atoms with Gasteiger partial charge < -0.3 is 0 Å². The molecule has 1 aliphatic carbocycles. The lowest BCUT2D eigenvalue weighted by atomic mass is 9.83. The van der Waals surface area contributed by atoms with Crippen molar-refractivity contribution in [1.29, 1.82) is 0 Å². The lowest BCUT2D eigenvalue weighted by molar-refractivity contribution is 0.548. The van der Waals surface area contributed by atoms with Gasteiger partial charge in [0.2, 0.25) is 0 Å². The Kier molecular flexibility index (Phi) is 2.81. The lowest BCUT2D eigenvalue weighted by Gasteiger charge is -2.25. The molecule has 17 heavy (non-hydrogen) atoms. The summed E-state index contributed by atoms with van der Waals surface area (Å²) < 4.78 is 23.7. The molecule has 4 heteroatoms. The van der Waals surface area contributed by atoms with Crippen LogP contribution in [0, 0.1) is 0 Å². The van der Waals surface area contributed by atoms with E-state index in [1.54, 1.807) is 6.20 Å². The van der Waals surface area contributed by atoms with Crippen LogP contribution in [0.5, 0.6) is 0 Å². The summed E-state index contributed by atoms with van der Waals surface area (Å²) in [6.45, 7) is 6.14. The normalized spacial score (nSPS) is 17.2. The fourth-order valence-electron chi connectivity index (χ4n) is 2.23. The van der Waals surface area contributed by atoms with Crippen molar-refractivity contribution in [3.05, 3.63) is 23.4 Å². The van der Waals surface area contributed by atoms with Gasteiger partial charge in [0.15, 0.2) is 14.9 Å². The molecule has 0 saturated heterocycles. The highest BCUT2D eigenvalue weighted by Crippen LogP contribution is 2.45. The fraction of sp³-hybridized carbons (Fsp3) is 0.615. The van der Waals surface area contributed by atoms with Crippen LogP contribution in [0.15, 0.2) is 17.3 Å². The Hall–Kier alpha value is -0.900. The van der Waals surface area contributed by atoms with E-state index in [9.17, 15) is 8.42 Å². The van der Waals surface area contributed by atoms with Crippen molar-refractivity contribution < 1.29 is 8.42 Å². The van der Waals surface area contributed by atoms with E-state index in [2.05, 4.69) is 4.98 Å². The predicted molar refractivity (Wildman–Crippen MR) is 68.0 cm³/mol. The molecule has 1 heterocycles. The molecule has 1 saturated carbocycles. The van der Waals surface area contributed by atoms with Gasteiger partial charge in [0.25, 0.3) is 0 Å². The number of rotatable bonds is 2. The maximum Gasteiger partial charge on any atom is 0.193 e. The first-order valence-corrected chi connectivity index (χ1v) is 7.80. The van der Waals surface area contributed by atoms with E-state index in [1.165, 1.54) is 11.8 Å². The lowest BCUT2D eigenvalue weighted by Crippen LogP contribution is -2.20. The molecule has 0 unspecified atom stereocenters.